The van der Waals surface area contributed by atoms with Crippen LogP contribution in [-0.4, -0.2) is 29.3 Å². The summed E-state index contributed by atoms with van der Waals surface area (Å²) in [5, 5.41) is 20.2. The second-order valence-corrected chi connectivity index (χ2v) is 4.89. The van der Waals surface area contributed by atoms with Crippen LogP contribution in [0.1, 0.15) is 24.2 Å². The first-order chi connectivity index (χ1) is 8.69. The third-order valence-electron chi connectivity index (χ3n) is 2.53. The van der Waals surface area contributed by atoms with Crippen LogP contribution in [0.2, 0.25) is 0 Å². The van der Waals surface area contributed by atoms with Crippen LogP contribution in [0.25, 0.3) is 0 Å². The molecule has 106 valence electrons. The summed E-state index contributed by atoms with van der Waals surface area (Å²) in [6, 6.07) is 0.367. The first-order valence-electron chi connectivity index (χ1n) is 5.45. The number of nitrogens with one attached hydrogen (secondary N) is 1. The number of aliphatic hydroxyl groups excluding tert-OH is 1. The van der Waals surface area contributed by atoms with Gasteiger partial charge in [0.05, 0.1) is 5.56 Å². The summed E-state index contributed by atoms with van der Waals surface area (Å²) in [5.74, 6) is -7.34. The van der Waals surface area contributed by atoms with E-state index in [1.807, 2.05) is 0 Å². The minimum atomic E-state index is -1.75. The number of amides is 1. The Hall–Kier alpha value is -1.76. The van der Waals surface area contributed by atoms with E-state index in [4.69, 9.17) is 10.2 Å². The SMILES string of the molecule is CC(C)(CO)CNC(=O)c1cc(F)c(F)c(O)c1F. The maximum Gasteiger partial charge on any atom is 0.254 e. The topological polar surface area (TPSA) is 69.6 Å². The van der Waals surface area contributed by atoms with Crippen LogP contribution in [0.3, 0.4) is 0 Å². The Balaban J connectivity index is 2.96. The average Bonchev–Trinajstić information content (AvgIpc) is 2.38. The molecule has 0 unspecified atom stereocenters. The lowest BCUT2D eigenvalue weighted by molar-refractivity contribution is 0.0905. The van der Waals surface area contributed by atoms with E-state index in [2.05, 4.69) is 5.32 Å². The van der Waals surface area contributed by atoms with Crippen LogP contribution in [0.5, 0.6) is 5.75 Å². The number of aliphatic hydroxyl groups is 1. The molecule has 0 aliphatic rings. The molecule has 0 saturated heterocycles. The summed E-state index contributed by atoms with van der Waals surface area (Å²) in [6.45, 7) is 3.07. The van der Waals surface area contributed by atoms with Gasteiger partial charge in [-0.1, -0.05) is 13.8 Å². The monoisotopic (exact) mass is 277 g/mol. The molecule has 0 heterocycles. The molecule has 3 N–H and O–H groups in total. The molecule has 1 rings (SSSR count). The number of hydrogen-bond acceptors (Lipinski definition) is 3. The standard InChI is InChI=1S/C12H14F3NO3/c1-12(2,5-17)4-16-11(19)6-3-7(13)9(15)10(18)8(6)14/h3,17-18H,4-5H2,1-2H3,(H,16,19). The number of carbonyl (C=O) groups is 1. The van der Waals surface area contributed by atoms with Crippen molar-refractivity contribution in [1.82, 2.24) is 5.32 Å². The van der Waals surface area contributed by atoms with E-state index in [-0.39, 0.29) is 13.2 Å². The molecule has 1 amide bonds. The van der Waals surface area contributed by atoms with Gasteiger partial charge >= 0.3 is 0 Å². The summed E-state index contributed by atoms with van der Waals surface area (Å²) >= 11 is 0. The second-order valence-electron chi connectivity index (χ2n) is 4.89. The van der Waals surface area contributed by atoms with Gasteiger partial charge in [-0.25, -0.2) is 8.78 Å². The van der Waals surface area contributed by atoms with Crippen molar-refractivity contribution in [2.75, 3.05) is 13.2 Å². The van der Waals surface area contributed by atoms with E-state index in [1.165, 1.54) is 0 Å². The van der Waals surface area contributed by atoms with Crippen molar-refractivity contribution in [2.45, 2.75) is 13.8 Å². The van der Waals surface area contributed by atoms with Gasteiger partial charge < -0.3 is 15.5 Å². The highest BCUT2D eigenvalue weighted by Crippen LogP contribution is 2.25. The number of rotatable bonds is 4. The van der Waals surface area contributed by atoms with Gasteiger partial charge in [0.25, 0.3) is 5.91 Å². The van der Waals surface area contributed by atoms with Gasteiger partial charge in [0.1, 0.15) is 0 Å². The highest BCUT2D eigenvalue weighted by atomic mass is 19.2. The van der Waals surface area contributed by atoms with Gasteiger partial charge in [0.2, 0.25) is 5.82 Å². The minimum absolute atomic E-state index is 0.00152. The van der Waals surface area contributed by atoms with Crippen LogP contribution >= 0.6 is 0 Å². The van der Waals surface area contributed by atoms with Crippen molar-refractivity contribution in [3.63, 3.8) is 0 Å². The van der Waals surface area contributed by atoms with Crippen LogP contribution in [0.4, 0.5) is 13.2 Å². The first kappa shape index (κ1) is 15.3. The number of aromatic hydroxyl groups is 1. The molecule has 1 aromatic carbocycles. The van der Waals surface area contributed by atoms with Gasteiger partial charge in [-0.2, -0.15) is 4.39 Å². The molecule has 0 atom stereocenters. The number of hydrogen-bond donors (Lipinski definition) is 3. The molecule has 19 heavy (non-hydrogen) atoms. The Morgan fingerprint density at radius 3 is 2.42 bits per heavy atom. The van der Waals surface area contributed by atoms with E-state index in [9.17, 15) is 18.0 Å². The number of carbonyl (C=O) groups excluding carboxylic acids is 1. The number of halogens is 3. The normalized spacial score (nSPS) is 11.5. The fourth-order valence-electron chi connectivity index (χ4n) is 1.23. The van der Waals surface area contributed by atoms with Crippen molar-refractivity contribution >= 4 is 5.91 Å². The third kappa shape index (κ3) is 3.37. The maximum absolute atomic E-state index is 13.4. The van der Waals surface area contributed by atoms with Crippen molar-refractivity contribution in [3.05, 3.63) is 29.1 Å². The second kappa shape index (κ2) is 5.48. The number of phenols is 1. The lowest BCUT2D eigenvalue weighted by atomic mass is 9.95. The van der Waals surface area contributed by atoms with Crippen LogP contribution in [-0.2, 0) is 0 Å². The van der Waals surface area contributed by atoms with Crippen molar-refractivity contribution in [1.29, 1.82) is 0 Å². The lowest BCUT2D eigenvalue weighted by Crippen LogP contribution is -2.36. The lowest BCUT2D eigenvalue weighted by Gasteiger charge is -2.21. The first-order valence-corrected chi connectivity index (χ1v) is 5.45. The molecule has 7 heteroatoms. The summed E-state index contributed by atoms with van der Waals surface area (Å²) in [5.41, 5.74) is -1.45. The Bertz CT molecular complexity index is 503. The summed E-state index contributed by atoms with van der Waals surface area (Å²) in [7, 11) is 0. The van der Waals surface area contributed by atoms with E-state index < -0.39 is 40.1 Å². The van der Waals surface area contributed by atoms with Crippen LogP contribution < -0.4 is 5.32 Å². The van der Waals surface area contributed by atoms with E-state index in [0.29, 0.717) is 6.07 Å². The predicted molar refractivity (Wildman–Crippen MR) is 61.2 cm³/mol. The Kier molecular flexibility index (Phi) is 4.41. The zero-order valence-corrected chi connectivity index (χ0v) is 10.4. The van der Waals surface area contributed by atoms with Gasteiger partial charge in [-0.05, 0) is 6.07 Å². The van der Waals surface area contributed by atoms with Gasteiger partial charge in [0.15, 0.2) is 17.4 Å². The van der Waals surface area contributed by atoms with Gasteiger partial charge in [-0.3, -0.25) is 4.79 Å². The molecule has 0 bridgehead atoms. The fourth-order valence-corrected chi connectivity index (χ4v) is 1.23. The van der Waals surface area contributed by atoms with Crippen LogP contribution in [0, 0.1) is 22.9 Å². The fraction of sp³-hybridized carbons (Fsp3) is 0.417. The molecular formula is C12H14F3NO3. The van der Waals surface area contributed by atoms with Gasteiger partial charge in [0, 0.05) is 18.6 Å². The van der Waals surface area contributed by atoms with Crippen molar-refractivity contribution < 1.29 is 28.2 Å². The molecule has 0 aromatic heterocycles. The summed E-state index contributed by atoms with van der Waals surface area (Å²) in [4.78, 5) is 11.6. The Morgan fingerprint density at radius 2 is 1.89 bits per heavy atom. The molecule has 4 nitrogen and oxygen atoms in total. The number of phenolic OH excluding ortho intramolecular Hbond substituents is 1. The van der Waals surface area contributed by atoms with Crippen molar-refractivity contribution in [2.24, 2.45) is 5.41 Å². The maximum atomic E-state index is 13.4. The van der Waals surface area contributed by atoms with Gasteiger partial charge in [-0.15, -0.1) is 0 Å². The Morgan fingerprint density at radius 1 is 1.32 bits per heavy atom. The highest BCUT2D eigenvalue weighted by molar-refractivity contribution is 5.95. The molecule has 0 aliphatic heterocycles. The molecule has 0 aliphatic carbocycles. The average molecular weight is 277 g/mol. The molecule has 0 radical (unpaired) electrons. The molecular weight excluding hydrogens is 263 g/mol. The van der Waals surface area contributed by atoms with Crippen molar-refractivity contribution in [3.8, 4) is 5.75 Å². The quantitative estimate of drug-likeness (QED) is 0.731. The third-order valence-corrected chi connectivity index (χ3v) is 2.53. The summed E-state index contributed by atoms with van der Waals surface area (Å²) in [6.07, 6.45) is 0. The predicted octanol–water partition coefficient (Wildman–Crippen LogP) is 1.56. The largest absolute Gasteiger partial charge is 0.503 e. The number of benzene rings is 1. The highest BCUT2D eigenvalue weighted by Gasteiger charge is 2.24. The Labute approximate surface area is 107 Å². The van der Waals surface area contributed by atoms with E-state index in [0.717, 1.165) is 0 Å². The zero-order chi connectivity index (χ0) is 14.8. The minimum Gasteiger partial charge on any atom is -0.503 e. The zero-order valence-electron chi connectivity index (χ0n) is 10.4. The molecule has 0 spiro atoms. The molecule has 0 fully saturated rings. The van der Waals surface area contributed by atoms with Crippen LogP contribution in [0.15, 0.2) is 6.07 Å². The smallest absolute Gasteiger partial charge is 0.254 e. The summed E-state index contributed by atoms with van der Waals surface area (Å²) < 4.78 is 39.3. The molecule has 0 saturated carbocycles. The van der Waals surface area contributed by atoms with E-state index in [1.54, 1.807) is 13.8 Å². The van der Waals surface area contributed by atoms with E-state index >= 15 is 0 Å². The molecule has 1 aromatic rings.